The fraction of sp³-hybridized carbons (Fsp3) is 0.684. The molecule has 1 N–H and O–H groups in total. The second-order valence-corrected chi connectivity index (χ2v) is 7.72. The predicted molar refractivity (Wildman–Crippen MR) is 91.5 cm³/mol. The van der Waals surface area contributed by atoms with E-state index in [1.165, 1.54) is 18.4 Å². The number of hydrogen-bond donors (Lipinski definition) is 1. The van der Waals surface area contributed by atoms with Gasteiger partial charge in [0.25, 0.3) is 0 Å². The lowest BCUT2D eigenvalue weighted by atomic mass is 9.87. The molecular weight excluding hydrogens is 310 g/mol. The number of halogens is 1. The first-order valence-corrected chi connectivity index (χ1v) is 8.48. The Morgan fingerprint density at radius 2 is 1.74 bits per heavy atom. The van der Waals surface area contributed by atoms with Crippen molar-refractivity contribution < 1.29 is 22.3 Å². The van der Waals surface area contributed by atoms with Crippen LogP contribution in [0, 0.1) is 5.92 Å². The average Bonchev–Trinajstić information content (AvgIpc) is 2.47. The molecule has 1 aliphatic heterocycles. The highest BCUT2D eigenvalue weighted by molar-refractivity contribution is 5.31. The van der Waals surface area contributed by atoms with Crippen molar-refractivity contribution in [3.8, 4) is 5.75 Å². The Hall–Kier alpha value is -0.770. The molecule has 0 aliphatic carbocycles. The Morgan fingerprint density at radius 3 is 2.26 bits per heavy atom. The van der Waals surface area contributed by atoms with Gasteiger partial charge < -0.3 is 27.2 Å². The van der Waals surface area contributed by atoms with Crippen LogP contribution < -0.4 is 17.1 Å². The first-order chi connectivity index (χ1) is 10.3. The zero-order chi connectivity index (χ0) is 16.2. The van der Waals surface area contributed by atoms with E-state index in [0.717, 1.165) is 24.8 Å². The molecule has 2 rings (SSSR count). The molecule has 4 heteroatoms. The highest BCUT2D eigenvalue weighted by atomic mass is 35.5. The average molecular weight is 341 g/mol. The van der Waals surface area contributed by atoms with Crippen molar-refractivity contribution in [1.29, 1.82) is 0 Å². The Labute approximate surface area is 147 Å². The van der Waals surface area contributed by atoms with Gasteiger partial charge in [-0.15, -0.1) is 0 Å². The quantitative estimate of drug-likeness (QED) is 0.845. The number of piperidine rings is 1. The van der Waals surface area contributed by atoms with Gasteiger partial charge in [-0.3, -0.25) is 0 Å². The standard InChI is InChI=1S/C19H31NO2.ClH/c1-15-9-11-20(12-10-15)13-17(21)14-22-18-7-5-16(6-8-18)19(2,3)4;/h5-8,15,17,21H,9-14H2,1-4H3;1H/p-1. The molecule has 0 saturated carbocycles. The van der Waals surface area contributed by atoms with Gasteiger partial charge in [0.2, 0.25) is 0 Å². The normalized spacial score (nSPS) is 18.3. The van der Waals surface area contributed by atoms with E-state index in [-0.39, 0.29) is 17.8 Å². The fourth-order valence-electron chi connectivity index (χ4n) is 2.84. The highest BCUT2D eigenvalue weighted by Gasteiger charge is 2.18. The molecule has 0 amide bonds. The molecule has 1 aliphatic rings. The summed E-state index contributed by atoms with van der Waals surface area (Å²) in [6.07, 6.45) is 2.06. The van der Waals surface area contributed by atoms with Crippen LogP contribution in [0.15, 0.2) is 24.3 Å². The van der Waals surface area contributed by atoms with Gasteiger partial charge in [-0.1, -0.05) is 39.8 Å². The summed E-state index contributed by atoms with van der Waals surface area (Å²) in [4.78, 5) is 2.34. The lowest BCUT2D eigenvalue weighted by Gasteiger charge is -2.31. The van der Waals surface area contributed by atoms with Crippen molar-refractivity contribution >= 4 is 0 Å². The highest BCUT2D eigenvalue weighted by Crippen LogP contribution is 2.24. The van der Waals surface area contributed by atoms with E-state index < -0.39 is 6.10 Å². The maximum absolute atomic E-state index is 10.1. The third kappa shape index (κ3) is 6.70. The zero-order valence-electron chi connectivity index (χ0n) is 14.9. The van der Waals surface area contributed by atoms with Gasteiger partial charge >= 0.3 is 0 Å². The van der Waals surface area contributed by atoms with Crippen LogP contribution in [0.5, 0.6) is 5.75 Å². The molecule has 3 nitrogen and oxygen atoms in total. The number of rotatable bonds is 5. The summed E-state index contributed by atoms with van der Waals surface area (Å²) in [6.45, 7) is 12.2. The molecule has 0 spiro atoms. The molecule has 1 fully saturated rings. The Bertz CT molecular complexity index is 447. The smallest absolute Gasteiger partial charge is 0.119 e. The third-order valence-electron chi connectivity index (χ3n) is 4.51. The second-order valence-electron chi connectivity index (χ2n) is 7.72. The van der Waals surface area contributed by atoms with Crippen molar-refractivity contribution in [2.45, 2.75) is 52.1 Å². The summed E-state index contributed by atoms with van der Waals surface area (Å²) in [5, 5.41) is 10.1. The minimum Gasteiger partial charge on any atom is -1.00 e. The third-order valence-corrected chi connectivity index (χ3v) is 4.51. The second kappa shape index (κ2) is 8.91. The van der Waals surface area contributed by atoms with Gasteiger partial charge in [-0.2, -0.15) is 0 Å². The molecule has 23 heavy (non-hydrogen) atoms. The van der Waals surface area contributed by atoms with Crippen LogP contribution in [0.3, 0.4) is 0 Å². The molecule has 1 heterocycles. The minimum absolute atomic E-state index is 0. The molecule has 1 unspecified atom stereocenters. The number of likely N-dealkylation sites (tertiary alicyclic amines) is 1. The van der Waals surface area contributed by atoms with Crippen molar-refractivity contribution in [2.24, 2.45) is 5.92 Å². The first-order valence-electron chi connectivity index (χ1n) is 8.48. The van der Waals surface area contributed by atoms with Crippen LogP contribution in [0.1, 0.15) is 46.1 Å². The maximum atomic E-state index is 10.1. The van der Waals surface area contributed by atoms with E-state index >= 15 is 0 Å². The molecular formula is C19H31ClNO2-. The van der Waals surface area contributed by atoms with Crippen molar-refractivity contribution in [3.05, 3.63) is 29.8 Å². The van der Waals surface area contributed by atoms with Gasteiger partial charge in [0.1, 0.15) is 18.5 Å². The SMILES string of the molecule is CC1CCN(CC(O)COc2ccc(C(C)(C)C)cc2)CC1.[Cl-]. The minimum atomic E-state index is -0.421. The molecule has 0 aromatic heterocycles. The Kier molecular flexibility index (Phi) is 7.85. The van der Waals surface area contributed by atoms with E-state index in [1.54, 1.807) is 0 Å². The summed E-state index contributed by atoms with van der Waals surface area (Å²) in [5.74, 6) is 1.66. The van der Waals surface area contributed by atoms with Crippen LogP contribution in [0.2, 0.25) is 0 Å². The van der Waals surface area contributed by atoms with Crippen LogP contribution >= 0.6 is 0 Å². The maximum Gasteiger partial charge on any atom is 0.119 e. The summed E-state index contributed by atoms with van der Waals surface area (Å²) < 4.78 is 5.72. The lowest BCUT2D eigenvalue weighted by Crippen LogP contribution is -3.00. The fourth-order valence-corrected chi connectivity index (χ4v) is 2.84. The van der Waals surface area contributed by atoms with E-state index in [2.05, 4.69) is 44.7 Å². The van der Waals surface area contributed by atoms with E-state index in [1.807, 2.05) is 12.1 Å². The summed E-state index contributed by atoms with van der Waals surface area (Å²) in [6, 6.07) is 8.20. The lowest BCUT2D eigenvalue weighted by molar-refractivity contribution is -0.00000733. The summed E-state index contributed by atoms with van der Waals surface area (Å²) in [5.41, 5.74) is 1.45. The molecule has 1 atom stereocenters. The molecule has 1 aromatic rings. The Morgan fingerprint density at radius 1 is 1.17 bits per heavy atom. The predicted octanol–water partition coefficient (Wildman–Crippen LogP) is 0.460. The molecule has 132 valence electrons. The molecule has 0 bridgehead atoms. The first kappa shape index (κ1) is 20.3. The van der Waals surface area contributed by atoms with Crippen LogP contribution in [0.4, 0.5) is 0 Å². The van der Waals surface area contributed by atoms with Gasteiger partial charge in [0.05, 0.1) is 0 Å². The number of benzene rings is 1. The Balaban J connectivity index is 0.00000264. The van der Waals surface area contributed by atoms with Gasteiger partial charge in [0, 0.05) is 6.54 Å². The van der Waals surface area contributed by atoms with Crippen LogP contribution in [-0.4, -0.2) is 42.4 Å². The summed E-state index contributed by atoms with van der Waals surface area (Å²) >= 11 is 0. The molecule has 1 saturated heterocycles. The van der Waals surface area contributed by atoms with E-state index in [4.69, 9.17) is 4.74 Å². The largest absolute Gasteiger partial charge is 1.00 e. The molecule has 1 aromatic carbocycles. The van der Waals surface area contributed by atoms with Crippen molar-refractivity contribution in [3.63, 3.8) is 0 Å². The van der Waals surface area contributed by atoms with Crippen molar-refractivity contribution in [1.82, 2.24) is 4.90 Å². The van der Waals surface area contributed by atoms with E-state index in [0.29, 0.717) is 13.2 Å². The number of β-amino-alcohol motifs (C(OH)–C–C–N with tert-alkyl or cyclic N) is 1. The van der Waals surface area contributed by atoms with Gasteiger partial charge in [-0.05, 0) is 55.0 Å². The van der Waals surface area contributed by atoms with Crippen LogP contribution in [0.25, 0.3) is 0 Å². The summed E-state index contributed by atoms with van der Waals surface area (Å²) in [7, 11) is 0. The monoisotopic (exact) mass is 340 g/mol. The topological polar surface area (TPSA) is 32.7 Å². The molecule has 0 radical (unpaired) electrons. The zero-order valence-corrected chi connectivity index (χ0v) is 15.6. The van der Waals surface area contributed by atoms with Gasteiger partial charge in [0.15, 0.2) is 0 Å². The number of nitrogens with zero attached hydrogens (tertiary/aromatic N) is 1. The van der Waals surface area contributed by atoms with Crippen LogP contribution in [-0.2, 0) is 5.41 Å². The number of hydrogen-bond acceptors (Lipinski definition) is 3. The van der Waals surface area contributed by atoms with Crippen molar-refractivity contribution in [2.75, 3.05) is 26.2 Å². The number of aliphatic hydroxyl groups is 1. The van der Waals surface area contributed by atoms with Gasteiger partial charge in [-0.25, -0.2) is 0 Å². The van der Waals surface area contributed by atoms with E-state index in [9.17, 15) is 5.11 Å². The number of aliphatic hydroxyl groups excluding tert-OH is 1. The number of ether oxygens (including phenoxy) is 1.